The number of hydrogen-bond acceptors (Lipinski definition) is 4. The van der Waals surface area contributed by atoms with E-state index < -0.39 is 5.41 Å². The van der Waals surface area contributed by atoms with Crippen LogP contribution >= 0.6 is 12.2 Å². The average molecular weight is 491 g/mol. The maximum atomic E-state index is 15.2. The highest BCUT2D eigenvalue weighted by atomic mass is 32.1. The van der Waals surface area contributed by atoms with Crippen LogP contribution in [0.1, 0.15) is 53.6 Å². The third kappa shape index (κ3) is 6.10. The molecule has 1 aliphatic rings. The second kappa shape index (κ2) is 11.8. The van der Waals surface area contributed by atoms with Gasteiger partial charge in [0.25, 0.3) is 0 Å². The maximum Gasteiger partial charge on any atom is 0.167 e. The third-order valence-corrected chi connectivity index (χ3v) is 7.46. The highest BCUT2D eigenvalue weighted by Crippen LogP contribution is 2.48. The molecule has 0 saturated heterocycles. The molecule has 1 saturated carbocycles. The van der Waals surface area contributed by atoms with Gasteiger partial charge >= 0.3 is 0 Å². The summed E-state index contributed by atoms with van der Waals surface area (Å²) in [5.74, 6) is -0.579. The van der Waals surface area contributed by atoms with Crippen molar-refractivity contribution >= 4 is 22.9 Å². The van der Waals surface area contributed by atoms with Crippen molar-refractivity contribution in [1.82, 2.24) is 0 Å². The molecule has 35 heavy (non-hydrogen) atoms. The first-order valence-electron chi connectivity index (χ1n) is 12.1. The minimum Gasteiger partial charge on any atom is -0.396 e. The van der Waals surface area contributed by atoms with Crippen molar-refractivity contribution < 1.29 is 19.0 Å². The van der Waals surface area contributed by atoms with Crippen LogP contribution in [0.2, 0.25) is 0 Å². The van der Waals surface area contributed by atoms with E-state index in [2.05, 4.69) is 0 Å². The molecule has 0 amide bonds. The number of aliphatic hydroxyl groups is 1. The van der Waals surface area contributed by atoms with Crippen LogP contribution in [0.5, 0.6) is 0 Å². The molecule has 1 fully saturated rings. The molecule has 182 valence electrons. The fourth-order valence-corrected chi connectivity index (χ4v) is 5.73. The molecule has 1 unspecified atom stereocenters. The van der Waals surface area contributed by atoms with Crippen LogP contribution in [-0.4, -0.2) is 28.5 Å². The number of ether oxygens (including phenoxy) is 1. The lowest BCUT2D eigenvalue weighted by Gasteiger charge is -2.47. The first-order chi connectivity index (χ1) is 17.0. The Hall–Kier alpha value is -2.73. The number of aliphatic hydroxyl groups excluding tert-OH is 1. The molecule has 0 heterocycles. The van der Waals surface area contributed by atoms with Crippen LogP contribution in [0, 0.1) is 11.7 Å². The first kappa shape index (κ1) is 25.4. The lowest BCUT2D eigenvalue weighted by atomic mass is 9.59. The topological polar surface area (TPSA) is 46.5 Å². The number of Topliss-reactive ketones (excluding diaryl/α,β-unsaturated/α-hetero) is 1. The summed E-state index contributed by atoms with van der Waals surface area (Å²) in [5, 5.41) is 10.5. The van der Waals surface area contributed by atoms with Gasteiger partial charge in [-0.2, -0.15) is 0 Å². The van der Waals surface area contributed by atoms with Crippen molar-refractivity contribution in [3.05, 3.63) is 107 Å². The van der Waals surface area contributed by atoms with Gasteiger partial charge in [-0.05, 0) is 48.8 Å². The number of hydrogen-bond donors (Lipinski definition) is 1. The molecule has 0 radical (unpaired) electrons. The summed E-state index contributed by atoms with van der Waals surface area (Å²) in [7, 11) is 0. The molecule has 3 aromatic carbocycles. The van der Waals surface area contributed by atoms with E-state index in [1.165, 1.54) is 6.07 Å². The molecule has 1 N–H and O–H groups in total. The molecular formula is C30H31FO3S. The molecule has 3 atom stereocenters. The fourth-order valence-electron chi connectivity index (χ4n) is 5.34. The fraction of sp³-hybridized carbons (Fsp3) is 0.333. The minimum atomic E-state index is -0.680. The summed E-state index contributed by atoms with van der Waals surface area (Å²) in [4.78, 5) is 13.4. The van der Waals surface area contributed by atoms with Gasteiger partial charge in [-0.3, -0.25) is 4.79 Å². The number of carbonyl (C=O) groups excluding carboxylic acids is 1. The monoisotopic (exact) mass is 490 g/mol. The Labute approximate surface area is 212 Å². The second-order valence-corrected chi connectivity index (χ2v) is 9.97. The number of carbonyl (C=O) groups is 1. The number of thiocarbonyl (C=S) groups is 1. The predicted octanol–water partition coefficient (Wildman–Crippen LogP) is 6.47. The Morgan fingerprint density at radius 1 is 1.00 bits per heavy atom. The van der Waals surface area contributed by atoms with Gasteiger partial charge in [-0.25, -0.2) is 4.39 Å². The number of ketones is 1. The van der Waals surface area contributed by atoms with E-state index in [1.54, 1.807) is 24.3 Å². The highest BCUT2D eigenvalue weighted by Gasteiger charge is 2.46. The third-order valence-electron chi connectivity index (χ3n) is 7.17. The van der Waals surface area contributed by atoms with E-state index >= 15 is 4.39 Å². The summed E-state index contributed by atoms with van der Waals surface area (Å²) in [5.41, 5.74) is 1.60. The van der Waals surface area contributed by atoms with Gasteiger partial charge in [-0.15, -0.1) is 0 Å². The number of benzene rings is 3. The van der Waals surface area contributed by atoms with E-state index in [1.807, 2.05) is 54.6 Å². The van der Waals surface area contributed by atoms with Crippen LogP contribution in [0.3, 0.4) is 0 Å². The summed E-state index contributed by atoms with van der Waals surface area (Å²) in [6.07, 6.45) is 2.42. The lowest BCUT2D eigenvalue weighted by molar-refractivity contribution is -0.0337. The van der Waals surface area contributed by atoms with Gasteiger partial charge < -0.3 is 9.84 Å². The van der Waals surface area contributed by atoms with Crippen molar-refractivity contribution in [2.45, 2.75) is 50.2 Å². The van der Waals surface area contributed by atoms with Gasteiger partial charge in [0.05, 0.1) is 12.7 Å². The van der Waals surface area contributed by atoms with Gasteiger partial charge in [-0.1, -0.05) is 91.1 Å². The molecule has 5 heteroatoms. The molecule has 0 aliphatic heterocycles. The van der Waals surface area contributed by atoms with Crippen LogP contribution < -0.4 is 0 Å². The normalized spacial score (nSPS) is 22.0. The molecular weight excluding hydrogens is 459 g/mol. The largest absolute Gasteiger partial charge is 0.396 e. The zero-order valence-corrected chi connectivity index (χ0v) is 20.6. The smallest absolute Gasteiger partial charge is 0.167 e. The summed E-state index contributed by atoms with van der Waals surface area (Å²) < 4.78 is 21.3. The van der Waals surface area contributed by atoms with Crippen LogP contribution in [0.25, 0.3) is 0 Å². The average Bonchev–Trinajstić information content (AvgIpc) is 2.89. The van der Waals surface area contributed by atoms with E-state index in [-0.39, 0.29) is 36.7 Å². The molecule has 4 rings (SSSR count). The molecule has 3 aromatic rings. The van der Waals surface area contributed by atoms with Crippen molar-refractivity contribution in [3.63, 3.8) is 0 Å². The summed E-state index contributed by atoms with van der Waals surface area (Å²) in [6.45, 7) is 0.398. The maximum absolute atomic E-state index is 15.2. The van der Waals surface area contributed by atoms with E-state index in [0.29, 0.717) is 41.9 Å². The van der Waals surface area contributed by atoms with Crippen molar-refractivity contribution in [3.8, 4) is 0 Å². The second-order valence-electron chi connectivity index (χ2n) is 9.39. The summed E-state index contributed by atoms with van der Waals surface area (Å²) in [6, 6.07) is 25.8. The van der Waals surface area contributed by atoms with Crippen molar-refractivity contribution in [2.75, 3.05) is 6.61 Å². The van der Waals surface area contributed by atoms with Gasteiger partial charge in [0.2, 0.25) is 0 Å². The Bertz CT molecular complexity index is 1130. The van der Waals surface area contributed by atoms with Crippen molar-refractivity contribution in [1.29, 1.82) is 0 Å². The molecule has 0 aromatic heterocycles. The van der Waals surface area contributed by atoms with Crippen LogP contribution in [0.15, 0.2) is 84.9 Å². The first-order valence-corrected chi connectivity index (χ1v) is 12.5. The SMILES string of the molecule is O=C(CC(=S)C[C@@]1(c2ccccc2F)CCC(OCc2ccccc2)C[C@H]1CO)c1ccccc1. The Morgan fingerprint density at radius 2 is 1.66 bits per heavy atom. The Kier molecular flexibility index (Phi) is 8.55. The van der Waals surface area contributed by atoms with Crippen LogP contribution in [-0.2, 0) is 16.8 Å². The quantitative estimate of drug-likeness (QED) is 0.261. The highest BCUT2D eigenvalue weighted by molar-refractivity contribution is 7.80. The molecule has 0 bridgehead atoms. The minimum absolute atomic E-state index is 0.0354. The Balaban J connectivity index is 1.54. The molecule has 1 aliphatic carbocycles. The van der Waals surface area contributed by atoms with Gasteiger partial charge in [0.15, 0.2) is 5.78 Å². The van der Waals surface area contributed by atoms with E-state index in [9.17, 15) is 9.90 Å². The zero-order chi connectivity index (χ0) is 24.7. The van der Waals surface area contributed by atoms with Gasteiger partial charge in [0.1, 0.15) is 5.82 Å². The van der Waals surface area contributed by atoms with E-state index in [0.717, 1.165) is 12.0 Å². The van der Waals surface area contributed by atoms with Crippen molar-refractivity contribution in [2.24, 2.45) is 5.92 Å². The van der Waals surface area contributed by atoms with E-state index in [4.69, 9.17) is 17.0 Å². The zero-order valence-electron chi connectivity index (χ0n) is 19.7. The van der Waals surface area contributed by atoms with Crippen LogP contribution in [0.4, 0.5) is 4.39 Å². The number of halogens is 1. The number of rotatable bonds is 10. The summed E-state index contributed by atoms with van der Waals surface area (Å²) >= 11 is 5.72. The lowest BCUT2D eigenvalue weighted by Crippen LogP contribution is -2.46. The molecule has 0 spiro atoms. The predicted molar refractivity (Wildman–Crippen MR) is 140 cm³/mol. The standard InChI is InChI=1S/C30H31FO3S/c31-28-14-8-7-13-27(28)30(19-26(35)18-29(33)23-11-5-2-6-12-23)16-15-25(17-24(30)20-32)34-21-22-9-3-1-4-10-22/h1-14,24-25,32H,15-21H2/t24-,25?,30-/m0/s1. The Morgan fingerprint density at radius 3 is 2.34 bits per heavy atom. The van der Waals surface area contributed by atoms with Gasteiger partial charge in [0, 0.05) is 28.9 Å². The molecule has 3 nitrogen and oxygen atoms in total.